The van der Waals surface area contributed by atoms with Gasteiger partial charge in [0.05, 0.1) is 147 Å². The van der Waals surface area contributed by atoms with Crippen LogP contribution >= 0.6 is 15.9 Å². The first-order valence-electron chi connectivity index (χ1n) is 41.5. The molecule has 0 radical (unpaired) electrons. The Balaban J connectivity index is 0.000000154. The van der Waals surface area contributed by atoms with Gasteiger partial charge in [0.2, 0.25) is 34.5 Å². The van der Waals surface area contributed by atoms with Gasteiger partial charge in [0.25, 0.3) is 39.3 Å². The van der Waals surface area contributed by atoms with E-state index < -0.39 is 56.6 Å². The van der Waals surface area contributed by atoms with Gasteiger partial charge in [-0.3, -0.25) is 75.4 Å². The largest absolute Gasteiger partial charge is 0.490 e. The van der Waals surface area contributed by atoms with Gasteiger partial charge < -0.3 is 71.1 Å². The molecule has 44 heteroatoms. The van der Waals surface area contributed by atoms with E-state index in [-0.39, 0.29) is 108 Å². The van der Waals surface area contributed by atoms with Crippen molar-refractivity contribution in [2.45, 2.75) is 176 Å². The minimum Gasteiger partial charge on any atom is -0.490 e. The number of imidazole rings is 2. The predicted molar refractivity (Wildman–Crippen MR) is 472 cm³/mol. The number of hydrogen-bond donors (Lipinski definition) is 1. The van der Waals surface area contributed by atoms with Crippen molar-refractivity contribution in [3.63, 3.8) is 0 Å². The summed E-state index contributed by atoms with van der Waals surface area (Å²) < 4.78 is 104. The summed E-state index contributed by atoms with van der Waals surface area (Å²) in [5.74, 6) is -0.307. The highest BCUT2D eigenvalue weighted by atomic mass is 79.9. The summed E-state index contributed by atoms with van der Waals surface area (Å²) >= 11 is 3.08. The summed E-state index contributed by atoms with van der Waals surface area (Å²) in [5.41, 5.74) is -3.02. The first-order chi connectivity index (χ1) is 62.3. The topological polar surface area (TPSA) is 457 Å². The number of fused-ring (bicyclic) bond motifs is 6. The number of aromatic carboxylic acids is 1. The third kappa shape index (κ3) is 20.9. The molecule has 1 N–H and O–H groups in total. The van der Waals surface area contributed by atoms with Crippen molar-refractivity contribution < 1.29 is 94.7 Å². The number of hydroxylamine groups is 2. The number of ether oxygens (including phenoxy) is 12. The van der Waals surface area contributed by atoms with Gasteiger partial charge in [-0.2, -0.15) is 0 Å². The van der Waals surface area contributed by atoms with Crippen LogP contribution in [-0.4, -0.2) is 212 Å². The number of methoxy groups -OCH3 is 6. The maximum atomic E-state index is 13.1. The van der Waals surface area contributed by atoms with Gasteiger partial charge in [-0.05, 0) is 118 Å². The van der Waals surface area contributed by atoms with E-state index in [0.717, 1.165) is 16.2 Å². The fraction of sp³-hybridized carbons (Fsp3) is 0.477. The summed E-state index contributed by atoms with van der Waals surface area (Å²) in [6.07, 6.45) is 6.89. The highest BCUT2D eigenvalue weighted by molar-refractivity contribution is 9.09. The molecule has 132 heavy (non-hydrogen) atoms. The zero-order valence-electron chi connectivity index (χ0n) is 77.1. The fourth-order valence-electron chi connectivity index (χ4n) is 15.2. The highest BCUT2D eigenvalue weighted by Gasteiger charge is 2.42. The van der Waals surface area contributed by atoms with E-state index in [9.17, 15) is 56.7 Å². The van der Waals surface area contributed by atoms with E-state index in [2.05, 4.69) is 55.8 Å². The number of halogens is 3. The molecular formula is C88H106BrF2N17O24. The van der Waals surface area contributed by atoms with E-state index in [1.165, 1.54) is 106 Å². The van der Waals surface area contributed by atoms with E-state index >= 15 is 0 Å². The number of rotatable bonds is 18. The summed E-state index contributed by atoms with van der Waals surface area (Å²) in [7, 11) is 11.0. The number of Topliss-reactive ketones (excluding diaryl/α,β-unsaturated/α-hetero) is 2. The monoisotopic (exact) mass is 1900 g/mol. The minimum absolute atomic E-state index is 0.00366. The number of nitrogens with zero attached hydrogens (tertiary/aromatic N) is 17. The maximum Gasteiger partial charge on any atom is 0.358 e. The normalized spacial score (nSPS) is 16.2. The number of hydrogen-bond acceptors (Lipinski definition) is 31. The summed E-state index contributed by atoms with van der Waals surface area (Å²) in [4.78, 5) is 162. The number of carbonyl (C=O) groups excluding carboxylic acids is 3. The lowest BCUT2D eigenvalue weighted by molar-refractivity contribution is -0.0769. The van der Waals surface area contributed by atoms with E-state index in [0.29, 0.717) is 150 Å². The molecule has 708 valence electrons. The van der Waals surface area contributed by atoms with Crippen LogP contribution in [0.2, 0.25) is 0 Å². The first kappa shape index (κ1) is 99.8. The first-order valence-corrected chi connectivity index (χ1v) is 42.6. The molecule has 16 rings (SSSR count). The molecule has 10 aromatic rings. The van der Waals surface area contributed by atoms with Crippen LogP contribution in [0.15, 0.2) is 102 Å². The molecule has 41 nitrogen and oxygen atoms in total. The number of carboxylic acids is 1. The molecule has 0 bridgehead atoms. The van der Waals surface area contributed by atoms with Gasteiger partial charge in [-0.15, -0.1) is 0 Å². The van der Waals surface area contributed by atoms with Crippen LogP contribution in [-0.2, 0) is 119 Å². The predicted octanol–water partition coefficient (Wildman–Crippen LogP) is 7.32. The fourth-order valence-corrected chi connectivity index (χ4v) is 15.4. The molecule has 0 fully saturated rings. The van der Waals surface area contributed by atoms with Crippen molar-refractivity contribution in [1.29, 1.82) is 0 Å². The average molecular weight is 1900 g/mol. The van der Waals surface area contributed by atoms with Gasteiger partial charge in [0, 0.05) is 39.5 Å². The third-order valence-electron chi connectivity index (χ3n) is 21.9. The van der Waals surface area contributed by atoms with Crippen LogP contribution < -0.4 is 61.8 Å². The smallest absolute Gasteiger partial charge is 0.358 e. The molecule has 2 aromatic carbocycles. The van der Waals surface area contributed by atoms with Crippen LogP contribution in [0.25, 0.3) is 22.8 Å². The number of carboxylic acid groups (broad SMARTS) is 1. The number of alkyl halides is 1. The lowest BCUT2D eigenvalue weighted by atomic mass is 10.1. The Hall–Kier alpha value is -12.7. The number of carbonyl (C=O) groups is 4. The average Bonchev–Trinajstić information content (AvgIpc) is 1.21. The molecule has 1 amide bonds. The van der Waals surface area contributed by atoms with Crippen LogP contribution in [0.1, 0.15) is 178 Å². The Morgan fingerprint density at radius 1 is 0.402 bits per heavy atom. The third-order valence-corrected chi connectivity index (χ3v) is 22.4. The molecule has 0 atom stereocenters. The van der Waals surface area contributed by atoms with Gasteiger partial charge in [-0.25, -0.2) is 58.5 Å². The Morgan fingerprint density at radius 3 is 0.939 bits per heavy atom. The van der Waals surface area contributed by atoms with E-state index in [1.54, 1.807) is 86.1 Å². The van der Waals surface area contributed by atoms with Crippen LogP contribution in [0, 0.1) is 11.6 Å². The quantitative estimate of drug-likeness (QED) is 0.0499. The van der Waals surface area contributed by atoms with Crippen LogP contribution in [0.4, 0.5) is 8.78 Å². The molecule has 0 aliphatic carbocycles. The number of aromatic nitrogens is 16. The SMILES string of the molecule is COc1c(-c2cn(Cc3ccc(F)cc3)cn2)nc2n(c1=O)CCOC2(C)C.COc1c(-c2cn(Cc3ccc(F)cc3)cn2)nc2n(c1=O)CCOC2(C)C.COc1c(C(=O)CBr)nc2n(c1=O)CCOC2(C)C.COc1c(C(=O)N(C)OC)nc2n(c1=O)CCOC2(C)C.COc1c(C(=O)O)nc2n(c1=O)CCOC2(C)C.COc1c(C(C)=O)nc2n(c1=O)CCOC2(C)C. The zero-order chi connectivity index (χ0) is 96.8. The maximum absolute atomic E-state index is 13.1. The summed E-state index contributed by atoms with van der Waals surface area (Å²) in [6, 6.07) is 12.6. The standard InChI is InChI=1S/2C20H21FN4O3.C13H19N3O5.C12H15BrN2O4.C12H16N2O4.C11H14N2O5/c2*1-20(2)19-23-16(17(27-3)18(26)25(19)8-9-28-20)15-11-24(12-22-15)10-13-4-6-14(21)7-5-13;1-13(2)12-14-8(10(17)15(3)20-5)9(19-4)11(18)16(12)6-7-21-13;1-12(2)11-14-8(7(16)6-13)9(18-3)10(17)15(11)4-5-19-12;1-7(15)8-9(17-4)10(16)14-5-6-18-12(2,3)11(14)13-8;1-11(2)10-12-6(9(15)16)7(17-3)8(14)13(10)4-5-18-11/h2*4-7,11-12H,8-10H2,1-3H3;6-7H2,1-5H3;4-6H2,1-3H3;5-6H2,1-4H3;4-5H2,1-3H3,(H,15,16). The molecule has 0 unspecified atom stereocenters. The van der Waals surface area contributed by atoms with Crippen molar-refractivity contribution in [2.24, 2.45) is 0 Å². The van der Waals surface area contributed by atoms with Crippen LogP contribution in [0.5, 0.6) is 34.5 Å². The number of amides is 1. The molecule has 14 heterocycles. The number of benzene rings is 2. The van der Waals surface area contributed by atoms with Gasteiger partial charge in [0.1, 0.15) is 103 Å². The van der Waals surface area contributed by atoms with Crippen molar-refractivity contribution in [3.8, 4) is 57.3 Å². The molecule has 0 saturated carbocycles. The second kappa shape index (κ2) is 40.6. The Morgan fingerprint density at radius 2 is 0.659 bits per heavy atom. The van der Waals surface area contributed by atoms with Crippen molar-refractivity contribution in [1.82, 2.24) is 81.5 Å². The molecule has 8 aromatic heterocycles. The lowest BCUT2D eigenvalue weighted by Gasteiger charge is -2.33. The molecule has 6 aliphatic heterocycles. The minimum atomic E-state index is -1.30. The van der Waals surface area contributed by atoms with E-state index in [1.807, 2.05) is 64.5 Å². The van der Waals surface area contributed by atoms with Crippen molar-refractivity contribution in [3.05, 3.63) is 216 Å². The zero-order valence-corrected chi connectivity index (χ0v) is 78.7. The molecule has 0 saturated heterocycles. The van der Waals surface area contributed by atoms with Crippen molar-refractivity contribution >= 4 is 39.4 Å². The van der Waals surface area contributed by atoms with Crippen molar-refractivity contribution in [2.75, 3.05) is 102 Å². The Labute approximate surface area is 763 Å². The summed E-state index contributed by atoms with van der Waals surface area (Å²) in [5, 5.41) is 10.1. The second-order valence-corrected chi connectivity index (χ2v) is 33.9. The second-order valence-electron chi connectivity index (χ2n) is 33.3. The molecule has 0 spiro atoms. The molecular weight excluding hydrogens is 1800 g/mol. The Kier molecular flexibility index (Phi) is 30.7. The molecule has 6 aliphatic rings. The van der Waals surface area contributed by atoms with Gasteiger partial charge in [0.15, 0.2) is 34.3 Å². The van der Waals surface area contributed by atoms with E-state index in [4.69, 9.17) is 66.8 Å². The Bertz CT molecular complexity index is 6130. The highest BCUT2D eigenvalue weighted by Crippen LogP contribution is 2.37. The summed E-state index contributed by atoms with van der Waals surface area (Å²) in [6.45, 7) is 29.2. The van der Waals surface area contributed by atoms with Gasteiger partial charge >= 0.3 is 5.97 Å². The van der Waals surface area contributed by atoms with Crippen LogP contribution in [0.3, 0.4) is 0 Å². The lowest BCUT2D eigenvalue weighted by Crippen LogP contribution is -2.43. The number of ketones is 2. The van der Waals surface area contributed by atoms with Gasteiger partial charge in [-0.1, -0.05) is 40.2 Å².